The molecule has 0 spiro atoms. The van der Waals surface area contributed by atoms with E-state index in [-0.39, 0.29) is 11.4 Å². The summed E-state index contributed by atoms with van der Waals surface area (Å²) >= 11 is 0. The summed E-state index contributed by atoms with van der Waals surface area (Å²) in [5, 5.41) is 3.48. The number of halogens is 1. The molecule has 2 rings (SSSR count). The van der Waals surface area contributed by atoms with Crippen molar-refractivity contribution in [2.24, 2.45) is 5.92 Å². The molecule has 0 amide bonds. The molecule has 94 valence electrons. The molecule has 0 bridgehead atoms. The van der Waals surface area contributed by atoms with Gasteiger partial charge < -0.3 is 10.1 Å². The zero-order chi connectivity index (χ0) is 12.3. The standard InChI is InChI=1S/C14H20FNO/c1-14(10-17-2)8-11(9-16-14)7-12-5-3-4-6-13(12)15/h3-6,11,16H,7-10H2,1-2H3. The van der Waals surface area contributed by atoms with Crippen LogP contribution in [0, 0.1) is 11.7 Å². The molecule has 2 atom stereocenters. The molecule has 0 radical (unpaired) electrons. The van der Waals surface area contributed by atoms with Crippen molar-refractivity contribution < 1.29 is 9.13 Å². The van der Waals surface area contributed by atoms with Gasteiger partial charge in [0.1, 0.15) is 5.82 Å². The number of nitrogens with one attached hydrogen (secondary N) is 1. The Morgan fingerprint density at radius 3 is 2.94 bits per heavy atom. The first-order valence-electron chi connectivity index (χ1n) is 6.10. The highest BCUT2D eigenvalue weighted by molar-refractivity contribution is 5.18. The summed E-state index contributed by atoms with van der Waals surface area (Å²) in [6.07, 6.45) is 1.84. The molecular weight excluding hydrogens is 217 g/mol. The zero-order valence-corrected chi connectivity index (χ0v) is 10.5. The van der Waals surface area contributed by atoms with Gasteiger partial charge in [-0.25, -0.2) is 4.39 Å². The summed E-state index contributed by atoms with van der Waals surface area (Å²) in [6, 6.07) is 7.04. The maximum absolute atomic E-state index is 13.5. The lowest BCUT2D eigenvalue weighted by Gasteiger charge is -2.23. The molecule has 1 aromatic carbocycles. The third-order valence-electron chi connectivity index (χ3n) is 3.49. The first-order chi connectivity index (χ1) is 8.13. The summed E-state index contributed by atoms with van der Waals surface area (Å²) in [5.41, 5.74) is 0.867. The minimum Gasteiger partial charge on any atom is -0.383 e. The quantitative estimate of drug-likeness (QED) is 0.868. The highest BCUT2D eigenvalue weighted by atomic mass is 19.1. The monoisotopic (exact) mass is 237 g/mol. The van der Waals surface area contributed by atoms with Gasteiger partial charge in [-0.1, -0.05) is 18.2 Å². The lowest BCUT2D eigenvalue weighted by Crippen LogP contribution is -2.40. The van der Waals surface area contributed by atoms with E-state index >= 15 is 0 Å². The van der Waals surface area contributed by atoms with E-state index in [0.717, 1.165) is 24.9 Å². The molecule has 1 heterocycles. The van der Waals surface area contributed by atoms with E-state index in [9.17, 15) is 4.39 Å². The Hall–Kier alpha value is -0.930. The van der Waals surface area contributed by atoms with Crippen LogP contribution in [-0.2, 0) is 11.2 Å². The van der Waals surface area contributed by atoms with Crippen LogP contribution >= 0.6 is 0 Å². The van der Waals surface area contributed by atoms with E-state index in [1.54, 1.807) is 13.2 Å². The summed E-state index contributed by atoms with van der Waals surface area (Å²) in [5.74, 6) is 0.403. The van der Waals surface area contributed by atoms with Gasteiger partial charge in [-0.2, -0.15) is 0 Å². The molecule has 1 saturated heterocycles. The van der Waals surface area contributed by atoms with E-state index in [4.69, 9.17) is 4.74 Å². The average molecular weight is 237 g/mol. The fourth-order valence-electron chi connectivity index (χ4n) is 2.72. The third-order valence-corrected chi connectivity index (χ3v) is 3.49. The summed E-state index contributed by atoms with van der Waals surface area (Å²) in [4.78, 5) is 0. The summed E-state index contributed by atoms with van der Waals surface area (Å²) in [7, 11) is 1.72. The fraction of sp³-hybridized carbons (Fsp3) is 0.571. The van der Waals surface area contributed by atoms with Crippen molar-refractivity contribution in [1.29, 1.82) is 0 Å². The van der Waals surface area contributed by atoms with Crippen molar-refractivity contribution in [3.8, 4) is 0 Å². The fourth-order valence-corrected chi connectivity index (χ4v) is 2.72. The van der Waals surface area contributed by atoms with E-state index in [0.29, 0.717) is 12.5 Å². The minimum atomic E-state index is -0.0900. The molecule has 17 heavy (non-hydrogen) atoms. The van der Waals surface area contributed by atoms with Gasteiger partial charge in [-0.05, 0) is 43.9 Å². The van der Waals surface area contributed by atoms with Crippen LogP contribution in [0.5, 0.6) is 0 Å². The Kier molecular flexibility index (Phi) is 3.79. The molecule has 0 aromatic heterocycles. The van der Waals surface area contributed by atoms with Gasteiger partial charge in [0.05, 0.1) is 6.61 Å². The van der Waals surface area contributed by atoms with Crippen molar-refractivity contribution >= 4 is 0 Å². The molecule has 1 aliphatic heterocycles. The average Bonchev–Trinajstić information content (AvgIpc) is 2.64. The lowest BCUT2D eigenvalue weighted by atomic mass is 9.91. The van der Waals surface area contributed by atoms with Gasteiger partial charge in [0.25, 0.3) is 0 Å². The maximum atomic E-state index is 13.5. The van der Waals surface area contributed by atoms with Gasteiger partial charge >= 0.3 is 0 Å². The Bertz CT molecular complexity index is 382. The number of rotatable bonds is 4. The largest absolute Gasteiger partial charge is 0.383 e. The number of benzene rings is 1. The summed E-state index contributed by atoms with van der Waals surface area (Å²) < 4.78 is 18.8. The SMILES string of the molecule is COCC1(C)CC(Cc2ccccc2F)CN1. The van der Waals surface area contributed by atoms with Crippen LogP contribution in [0.1, 0.15) is 18.9 Å². The van der Waals surface area contributed by atoms with E-state index < -0.39 is 0 Å². The van der Waals surface area contributed by atoms with Crippen LogP contribution in [-0.4, -0.2) is 25.8 Å². The predicted molar refractivity (Wildman–Crippen MR) is 66.5 cm³/mol. The third kappa shape index (κ3) is 3.05. The molecule has 2 unspecified atom stereocenters. The van der Waals surface area contributed by atoms with Crippen LogP contribution in [0.25, 0.3) is 0 Å². The first kappa shape index (κ1) is 12.5. The van der Waals surface area contributed by atoms with Crippen molar-refractivity contribution in [1.82, 2.24) is 5.32 Å². The van der Waals surface area contributed by atoms with Crippen molar-refractivity contribution in [2.45, 2.75) is 25.3 Å². The van der Waals surface area contributed by atoms with Gasteiger partial charge in [0.2, 0.25) is 0 Å². The Morgan fingerprint density at radius 1 is 1.47 bits per heavy atom. The van der Waals surface area contributed by atoms with E-state index in [1.165, 1.54) is 6.07 Å². The zero-order valence-electron chi connectivity index (χ0n) is 10.5. The van der Waals surface area contributed by atoms with Crippen LogP contribution in [0.15, 0.2) is 24.3 Å². The predicted octanol–water partition coefficient (Wildman–Crippen LogP) is 2.38. The molecule has 1 aliphatic rings. The molecule has 2 nitrogen and oxygen atoms in total. The smallest absolute Gasteiger partial charge is 0.126 e. The highest BCUT2D eigenvalue weighted by Crippen LogP contribution is 2.27. The Morgan fingerprint density at radius 2 is 2.24 bits per heavy atom. The number of hydrogen-bond donors (Lipinski definition) is 1. The Labute approximate surface area is 102 Å². The van der Waals surface area contributed by atoms with E-state index in [2.05, 4.69) is 12.2 Å². The van der Waals surface area contributed by atoms with Crippen molar-refractivity contribution in [3.63, 3.8) is 0 Å². The van der Waals surface area contributed by atoms with Crippen LogP contribution in [0.2, 0.25) is 0 Å². The lowest BCUT2D eigenvalue weighted by molar-refractivity contribution is 0.128. The van der Waals surface area contributed by atoms with Crippen molar-refractivity contribution in [2.75, 3.05) is 20.3 Å². The molecule has 1 aromatic rings. The second-order valence-electron chi connectivity index (χ2n) is 5.24. The number of ether oxygens (including phenoxy) is 1. The molecular formula is C14H20FNO. The van der Waals surface area contributed by atoms with Crippen LogP contribution < -0.4 is 5.32 Å². The van der Waals surface area contributed by atoms with Gasteiger partial charge in [-0.15, -0.1) is 0 Å². The molecule has 1 N–H and O–H groups in total. The van der Waals surface area contributed by atoms with Crippen molar-refractivity contribution in [3.05, 3.63) is 35.6 Å². The van der Waals surface area contributed by atoms with Gasteiger partial charge in [0, 0.05) is 12.6 Å². The number of hydrogen-bond acceptors (Lipinski definition) is 2. The second kappa shape index (κ2) is 5.15. The van der Waals surface area contributed by atoms with Gasteiger partial charge in [0.15, 0.2) is 0 Å². The topological polar surface area (TPSA) is 21.3 Å². The van der Waals surface area contributed by atoms with E-state index in [1.807, 2.05) is 12.1 Å². The van der Waals surface area contributed by atoms with Crippen LogP contribution in [0.4, 0.5) is 4.39 Å². The maximum Gasteiger partial charge on any atom is 0.126 e. The van der Waals surface area contributed by atoms with Gasteiger partial charge in [-0.3, -0.25) is 0 Å². The first-order valence-corrected chi connectivity index (χ1v) is 6.10. The molecule has 3 heteroatoms. The van der Waals surface area contributed by atoms with Crippen LogP contribution in [0.3, 0.4) is 0 Å². The minimum absolute atomic E-state index is 0.0463. The summed E-state index contributed by atoms with van der Waals surface area (Å²) in [6.45, 7) is 3.81. The second-order valence-corrected chi connectivity index (χ2v) is 5.24. The number of methoxy groups -OCH3 is 1. The molecule has 0 saturated carbocycles. The highest BCUT2D eigenvalue weighted by Gasteiger charge is 2.34. The normalized spacial score (nSPS) is 28.5. The Balaban J connectivity index is 1.96. The molecule has 0 aliphatic carbocycles. The molecule has 1 fully saturated rings.